The maximum Gasteiger partial charge on any atom is 0.254 e. The minimum Gasteiger partial charge on any atom is -0.334 e. The summed E-state index contributed by atoms with van der Waals surface area (Å²) in [4.78, 5) is 15.5. The van der Waals surface area contributed by atoms with Crippen LogP contribution in [0.5, 0.6) is 0 Å². The van der Waals surface area contributed by atoms with Crippen molar-refractivity contribution in [1.29, 1.82) is 5.26 Å². The van der Waals surface area contributed by atoms with Gasteiger partial charge in [-0.15, -0.1) is 0 Å². The fourth-order valence-electron chi connectivity index (χ4n) is 1.96. The predicted octanol–water partition coefficient (Wildman–Crippen LogP) is -0.471. The van der Waals surface area contributed by atoms with Gasteiger partial charge in [-0.3, -0.25) is 4.79 Å². The lowest BCUT2D eigenvalue weighted by molar-refractivity contribution is -0.883. The molecule has 1 aliphatic heterocycles. The molecule has 1 heterocycles. The van der Waals surface area contributed by atoms with Crippen LogP contribution in [0.25, 0.3) is 0 Å². The molecule has 4 heteroatoms. The Morgan fingerprint density at radius 3 is 2.41 bits per heavy atom. The van der Waals surface area contributed by atoms with Crippen LogP contribution in [-0.4, -0.2) is 44.0 Å². The second-order valence-corrected chi connectivity index (χ2v) is 4.44. The number of hydrogen-bond acceptors (Lipinski definition) is 2. The fraction of sp³-hybridized carbons (Fsp3) is 0.385. The fourth-order valence-corrected chi connectivity index (χ4v) is 1.96. The van der Waals surface area contributed by atoms with Gasteiger partial charge in [0.15, 0.2) is 0 Å². The number of amides is 1. The molecule has 0 bridgehead atoms. The van der Waals surface area contributed by atoms with Gasteiger partial charge in [0, 0.05) is 5.56 Å². The van der Waals surface area contributed by atoms with Crippen LogP contribution in [0.2, 0.25) is 0 Å². The van der Waals surface area contributed by atoms with Crippen LogP contribution in [0.1, 0.15) is 15.9 Å². The third-order valence-corrected chi connectivity index (χ3v) is 3.17. The van der Waals surface area contributed by atoms with Crippen molar-refractivity contribution in [2.45, 2.75) is 0 Å². The number of nitriles is 1. The number of hydrogen-bond donors (Lipinski definition) is 1. The summed E-state index contributed by atoms with van der Waals surface area (Å²) in [6, 6.07) is 8.88. The maximum absolute atomic E-state index is 12.1. The van der Waals surface area contributed by atoms with E-state index in [0.29, 0.717) is 11.1 Å². The molecule has 0 saturated carbocycles. The summed E-state index contributed by atoms with van der Waals surface area (Å²) in [6.07, 6.45) is 0. The van der Waals surface area contributed by atoms with Crippen LogP contribution in [0.4, 0.5) is 0 Å². The zero-order chi connectivity index (χ0) is 12.3. The lowest BCUT2D eigenvalue weighted by Gasteiger charge is -2.30. The first kappa shape index (κ1) is 11.6. The normalized spacial score (nSPS) is 16.6. The van der Waals surface area contributed by atoms with Gasteiger partial charge in [-0.05, 0) is 24.3 Å². The first-order chi connectivity index (χ1) is 8.20. The van der Waals surface area contributed by atoms with E-state index in [1.807, 2.05) is 4.90 Å². The quantitative estimate of drug-likeness (QED) is 0.709. The van der Waals surface area contributed by atoms with Gasteiger partial charge in [-0.2, -0.15) is 5.26 Å². The summed E-state index contributed by atoms with van der Waals surface area (Å²) in [6.45, 7) is 3.62. The van der Waals surface area contributed by atoms with Gasteiger partial charge in [-0.1, -0.05) is 0 Å². The Kier molecular flexibility index (Phi) is 3.40. The molecule has 1 N–H and O–H groups in total. The molecule has 17 heavy (non-hydrogen) atoms. The summed E-state index contributed by atoms with van der Waals surface area (Å²) in [5.74, 6) is 0.0713. The zero-order valence-electron chi connectivity index (χ0n) is 9.94. The summed E-state index contributed by atoms with van der Waals surface area (Å²) in [5.41, 5.74) is 1.26. The van der Waals surface area contributed by atoms with Crippen molar-refractivity contribution >= 4 is 5.91 Å². The van der Waals surface area contributed by atoms with Crippen LogP contribution in [-0.2, 0) is 0 Å². The molecule has 4 nitrogen and oxygen atoms in total. The largest absolute Gasteiger partial charge is 0.334 e. The monoisotopic (exact) mass is 230 g/mol. The Balaban J connectivity index is 2.06. The molecule has 0 atom stereocenters. The Labute approximate surface area is 101 Å². The first-order valence-corrected chi connectivity index (χ1v) is 5.81. The van der Waals surface area contributed by atoms with Gasteiger partial charge in [0.25, 0.3) is 5.91 Å². The molecular weight excluding hydrogens is 214 g/mol. The minimum absolute atomic E-state index is 0.0713. The number of carbonyl (C=O) groups is 1. The van der Waals surface area contributed by atoms with Gasteiger partial charge >= 0.3 is 0 Å². The average molecular weight is 230 g/mol. The zero-order valence-corrected chi connectivity index (χ0v) is 9.94. The van der Waals surface area contributed by atoms with Gasteiger partial charge in [0.1, 0.15) is 0 Å². The Morgan fingerprint density at radius 1 is 1.29 bits per heavy atom. The van der Waals surface area contributed by atoms with E-state index in [1.165, 1.54) is 4.90 Å². The van der Waals surface area contributed by atoms with E-state index in [2.05, 4.69) is 13.1 Å². The lowest BCUT2D eigenvalue weighted by atomic mass is 10.1. The Hall–Kier alpha value is -1.86. The van der Waals surface area contributed by atoms with Crippen LogP contribution in [0.3, 0.4) is 0 Å². The average Bonchev–Trinajstić information content (AvgIpc) is 2.39. The third kappa shape index (κ3) is 2.63. The number of nitrogens with one attached hydrogen (secondary N) is 1. The van der Waals surface area contributed by atoms with Gasteiger partial charge < -0.3 is 9.80 Å². The van der Waals surface area contributed by atoms with Gasteiger partial charge in [0.2, 0.25) is 0 Å². The van der Waals surface area contributed by atoms with Gasteiger partial charge in [0.05, 0.1) is 44.9 Å². The lowest BCUT2D eigenvalue weighted by Crippen LogP contribution is -3.12. The molecule has 0 unspecified atom stereocenters. The molecule has 0 radical (unpaired) electrons. The smallest absolute Gasteiger partial charge is 0.254 e. The molecule has 0 aromatic heterocycles. The van der Waals surface area contributed by atoms with E-state index in [9.17, 15) is 4.79 Å². The standard InChI is InChI=1S/C13H15N3O/c1-15-6-8-16(9-7-15)13(17)12-4-2-11(10-14)3-5-12/h2-5H,6-9H2,1H3/p+1. The van der Waals surface area contributed by atoms with E-state index < -0.39 is 0 Å². The van der Waals surface area contributed by atoms with Crippen molar-refractivity contribution in [3.63, 3.8) is 0 Å². The van der Waals surface area contributed by atoms with Crippen molar-refractivity contribution in [3.05, 3.63) is 35.4 Å². The van der Waals surface area contributed by atoms with Crippen molar-refractivity contribution in [2.75, 3.05) is 33.2 Å². The van der Waals surface area contributed by atoms with Crippen LogP contribution in [0, 0.1) is 11.3 Å². The highest BCUT2D eigenvalue weighted by Crippen LogP contribution is 2.07. The van der Waals surface area contributed by atoms with E-state index in [1.54, 1.807) is 24.3 Å². The van der Waals surface area contributed by atoms with Crippen LogP contribution >= 0.6 is 0 Å². The molecule has 1 aromatic carbocycles. The van der Waals surface area contributed by atoms with Crippen molar-refractivity contribution in [1.82, 2.24) is 4.90 Å². The number of rotatable bonds is 1. The van der Waals surface area contributed by atoms with Crippen molar-refractivity contribution in [3.8, 4) is 6.07 Å². The van der Waals surface area contributed by atoms with Crippen LogP contribution < -0.4 is 4.90 Å². The molecule has 0 aliphatic carbocycles. The summed E-state index contributed by atoms with van der Waals surface area (Å²) >= 11 is 0. The second-order valence-electron chi connectivity index (χ2n) is 4.44. The molecule has 88 valence electrons. The summed E-state index contributed by atoms with van der Waals surface area (Å²) in [7, 11) is 2.14. The molecule has 1 fully saturated rings. The van der Waals surface area contributed by atoms with E-state index in [0.717, 1.165) is 26.2 Å². The number of likely N-dealkylation sites (N-methyl/N-ethyl adjacent to an activating group) is 1. The topological polar surface area (TPSA) is 48.5 Å². The first-order valence-electron chi connectivity index (χ1n) is 5.81. The predicted molar refractivity (Wildman–Crippen MR) is 63.7 cm³/mol. The van der Waals surface area contributed by atoms with Gasteiger partial charge in [-0.25, -0.2) is 0 Å². The molecule has 1 saturated heterocycles. The Bertz CT molecular complexity index is 439. The van der Waals surface area contributed by atoms with E-state index in [4.69, 9.17) is 5.26 Å². The van der Waals surface area contributed by atoms with Crippen molar-refractivity contribution < 1.29 is 9.69 Å². The highest BCUT2D eigenvalue weighted by molar-refractivity contribution is 5.94. The minimum atomic E-state index is 0.0713. The Morgan fingerprint density at radius 2 is 1.88 bits per heavy atom. The summed E-state index contributed by atoms with van der Waals surface area (Å²) < 4.78 is 0. The number of quaternary nitrogens is 1. The molecule has 1 amide bonds. The molecule has 2 rings (SSSR count). The SMILES string of the molecule is C[NH+]1CCN(C(=O)c2ccc(C#N)cc2)CC1. The van der Waals surface area contributed by atoms with E-state index in [-0.39, 0.29) is 5.91 Å². The maximum atomic E-state index is 12.1. The third-order valence-electron chi connectivity index (χ3n) is 3.17. The number of carbonyl (C=O) groups excluding carboxylic acids is 1. The number of benzene rings is 1. The molecule has 1 aromatic rings. The van der Waals surface area contributed by atoms with Crippen molar-refractivity contribution in [2.24, 2.45) is 0 Å². The molecule has 1 aliphatic rings. The van der Waals surface area contributed by atoms with E-state index >= 15 is 0 Å². The number of piperazine rings is 1. The summed E-state index contributed by atoms with van der Waals surface area (Å²) in [5, 5.41) is 8.70. The number of nitrogens with zero attached hydrogens (tertiary/aromatic N) is 2. The molecule has 0 spiro atoms. The van der Waals surface area contributed by atoms with Crippen LogP contribution in [0.15, 0.2) is 24.3 Å². The highest BCUT2D eigenvalue weighted by Gasteiger charge is 2.22. The highest BCUT2D eigenvalue weighted by atomic mass is 16.2. The second kappa shape index (κ2) is 4.98. The molecular formula is C13H16N3O+.